The van der Waals surface area contributed by atoms with Gasteiger partial charge in [-0.2, -0.15) is 5.10 Å². The maximum atomic E-state index is 5.44. The first-order valence-electron chi connectivity index (χ1n) is 6.95. The molecule has 19 heavy (non-hydrogen) atoms. The number of rotatable bonds is 9. The third-order valence-corrected chi connectivity index (χ3v) is 3.30. The SMILES string of the molecule is CCn1nc(C)c(C(C)NCCOCCOC)c1C. The van der Waals surface area contributed by atoms with Crippen molar-refractivity contribution in [2.75, 3.05) is 33.5 Å². The van der Waals surface area contributed by atoms with E-state index in [0.29, 0.717) is 25.9 Å². The van der Waals surface area contributed by atoms with Gasteiger partial charge in [-0.1, -0.05) is 0 Å². The Hall–Kier alpha value is -0.910. The molecule has 0 aliphatic heterocycles. The van der Waals surface area contributed by atoms with Gasteiger partial charge in [-0.15, -0.1) is 0 Å². The molecule has 1 aromatic rings. The van der Waals surface area contributed by atoms with Gasteiger partial charge in [0.2, 0.25) is 0 Å². The number of hydrogen-bond donors (Lipinski definition) is 1. The largest absolute Gasteiger partial charge is 0.382 e. The highest BCUT2D eigenvalue weighted by Crippen LogP contribution is 2.20. The fourth-order valence-electron chi connectivity index (χ4n) is 2.34. The number of aryl methyl sites for hydroxylation is 2. The molecule has 0 spiro atoms. The zero-order valence-corrected chi connectivity index (χ0v) is 12.8. The van der Waals surface area contributed by atoms with E-state index < -0.39 is 0 Å². The Morgan fingerprint density at radius 3 is 2.58 bits per heavy atom. The normalized spacial score (nSPS) is 12.9. The zero-order chi connectivity index (χ0) is 14.3. The Morgan fingerprint density at radius 1 is 1.26 bits per heavy atom. The van der Waals surface area contributed by atoms with Gasteiger partial charge in [0.1, 0.15) is 0 Å². The van der Waals surface area contributed by atoms with Crippen LogP contribution in [0.4, 0.5) is 0 Å². The van der Waals surface area contributed by atoms with E-state index in [1.807, 2.05) is 0 Å². The second-order valence-corrected chi connectivity index (χ2v) is 4.68. The minimum atomic E-state index is 0.298. The molecule has 5 nitrogen and oxygen atoms in total. The van der Waals surface area contributed by atoms with Crippen molar-refractivity contribution in [1.29, 1.82) is 0 Å². The van der Waals surface area contributed by atoms with Crippen molar-refractivity contribution in [3.8, 4) is 0 Å². The van der Waals surface area contributed by atoms with Crippen molar-refractivity contribution in [2.45, 2.75) is 40.3 Å². The van der Waals surface area contributed by atoms with Crippen LogP contribution in [0.5, 0.6) is 0 Å². The van der Waals surface area contributed by atoms with Crippen molar-refractivity contribution in [1.82, 2.24) is 15.1 Å². The van der Waals surface area contributed by atoms with Crippen molar-refractivity contribution in [3.63, 3.8) is 0 Å². The van der Waals surface area contributed by atoms with Crippen LogP contribution in [0, 0.1) is 13.8 Å². The van der Waals surface area contributed by atoms with Gasteiger partial charge in [-0.25, -0.2) is 0 Å². The fraction of sp³-hybridized carbons (Fsp3) is 0.786. The van der Waals surface area contributed by atoms with Crippen LogP contribution in [0.2, 0.25) is 0 Å². The molecular weight excluding hydrogens is 242 g/mol. The fourth-order valence-corrected chi connectivity index (χ4v) is 2.34. The predicted molar refractivity (Wildman–Crippen MR) is 76.5 cm³/mol. The summed E-state index contributed by atoms with van der Waals surface area (Å²) in [6.45, 7) is 12.2. The molecule has 0 aliphatic carbocycles. The maximum absolute atomic E-state index is 5.44. The quantitative estimate of drug-likeness (QED) is 0.695. The Balaban J connectivity index is 2.41. The van der Waals surface area contributed by atoms with E-state index in [-0.39, 0.29) is 0 Å². The molecule has 1 N–H and O–H groups in total. The lowest BCUT2D eigenvalue weighted by atomic mass is 10.1. The van der Waals surface area contributed by atoms with Crippen LogP contribution in [0.15, 0.2) is 0 Å². The highest BCUT2D eigenvalue weighted by molar-refractivity contribution is 5.27. The van der Waals surface area contributed by atoms with Crippen LogP contribution < -0.4 is 5.32 Å². The molecule has 0 aromatic carbocycles. The van der Waals surface area contributed by atoms with Crippen LogP contribution in [0.3, 0.4) is 0 Å². The molecule has 1 aromatic heterocycles. The van der Waals surface area contributed by atoms with Gasteiger partial charge in [-0.05, 0) is 27.7 Å². The van der Waals surface area contributed by atoms with Gasteiger partial charge in [0.15, 0.2) is 0 Å². The first-order valence-corrected chi connectivity index (χ1v) is 6.95. The lowest BCUT2D eigenvalue weighted by molar-refractivity contribution is 0.0712. The highest BCUT2D eigenvalue weighted by atomic mass is 16.5. The van der Waals surface area contributed by atoms with Gasteiger partial charge in [0.25, 0.3) is 0 Å². The van der Waals surface area contributed by atoms with E-state index in [0.717, 1.165) is 18.8 Å². The third kappa shape index (κ3) is 4.60. The maximum Gasteiger partial charge on any atom is 0.0700 e. The molecule has 5 heteroatoms. The van der Waals surface area contributed by atoms with Crippen LogP contribution in [0.1, 0.15) is 36.8 Å². The Morgan fingerprint density at radius 2 is 2.00 bits per heavy atom. The summed E-state index contributed by atoms with van der Waals surface area (Å²) in [4.78, 5) is 0. The summed E-state index contributed by atoms with van der Waals surface area (Å²) in [6.07, 6.45) is 0. The number of aromatic nitrogens is 2. The summed E-state index contributed by atoms with van der Waals surface area (Å²) in [7, 11) is 1.68. The molecule has 0 saturated carbocycles. The minimum Gasteiger partial charge on any atom is -0.382 e. The number of hydrogen-bond acceptors (Lipinski definition) is 4. The summed E-state index contributed by atoms with van der Waals surface area (Å²) < 4.78 is 12.4. The summed E-state index contributed by atoms with van der Waals surface area (Å²) in [6, 6.07) is 0.298. The molecule has 0 radical (unpaired) electrons. The molecule has 1 rings (SSSR count). The molecule has 0 amide bonds. The molecule has 0 aliphatic rings. The molecule has 1 atom stereocenters. The molecule has 0 saturated heterocycles. The first kappa shape index (κ1) is 16.1. The summed E-state index contributed by atoms with van der Waals surface area (Å²) in [5, 5.41) is 8.02. The third-order valence-electron chi connectivity index (χ3n) is 3.30. The van der Waals surface area contributed by atoms with E-state index in [1.165, 1.54) is 11.3 Å². The van der Waals surface area contributed by atoms with E-state index in [2.05, 4.69) is 42.8 Å². The van der Waals surface area contributed by atoms with Crippen molar-refractivity contribution < 1.29 is 9.47 Å². The predicted octanol–water partition coefficient (Wildman–Crippen LogP) is 1.83. The van der Waals surface area contributed by atoms with Crippen LogP contribution in [-0.4, -0.2) is 43.3 Å². The van der Waals surface area contributed by atoms with E-state index in [4.69, 9.17) is 9.47 Å². The second-order valence-electron chi connectivity index (χ2n) is 4.68. The van der Waals surface area contributed by atoms with Crippen LogP contribution >= 0.6 is 0 Å². The van der Waals surface area contributed by atoms with Gasteiger partial charge in [0, 0.05) is 37.5 Å². The molecule has 1 heterocycles. The Kier molecular flexibility index (Phi) is 7.05. The summed E-state index contributed by atoms with van der Waals surface area (Å²) >= 11 is 0. The van der Waals surface area contributed by atoms with Crippen molar-refractivity contribution in [2.24, 2.45) is 0 Å². The summed E-state index contributed by atoms with van der Waals surface area (Å²) in [5.74, 6) is 0. The van der Waals surface area contributed by atoms with Crippen LogP contribution in [0.25, 0.3) is 0 Å². The smallest absolute Gasteiger partial charge is 0.0700 e. The molecule has 0 fully saturated rings. The second kappa shape index (κ2) is 8.30. The van der Waals surface area contributed by atoms with E-state index in [9.17, 15) is 0 Å². The number of ether oxygens (including phenoxy) is 2. The minimum absolute atomic E-state index is 0.298. The summed E-state index contributed by atoms with van der Waals surface area (Å²) in [5.41, 5.74) is 3.67. The molecule has 0 bridgehead atoms. The zero-order valence-electron chi connectivity index (χ0n) is 12.8. The van der Waals surface area contributed by atoms with Crippen molar-refractivity contribution >= 4 is 0 Å². The Labute approximate surface area is 116 Å². The van der Waals surface area contributed by atoms with E-state index >= 15 is 0 Å². The van der Waals surface area contributed by atoms with E-state index in [1.54, 1.807) is 7.11 Å². The topological polar surface area (TPSA) is 48.3 Å². The standard InChI is InChI=1S/C14H27N3O2/c1-6-17-13(4)14(12(3)16-17)11(2)15-7-8-19-10-9-18-5/h11,15H,6-10H2,1-5H3. The Bertz CT molecular complexity index is 377. The average Bonchev–Trinajstić information content (AvgIpc) is 2.68. The average molecular weight is 269 g/mol. The van der Waals surface area contributed by atoms with Crippen molar-refractivity contribution in [3.05, 3.63) is 17.0 Å². The van der Waals surface area contributed by atoms with Gasteiger partial charge in [-0.3, -0.25) is 4.68 Å². The lowest BCUT2D eigenvalue weighted by Gasteiger charge is -2.15. The molecule has 1 unspecified atom stereocenters. The van der Waals surface area contributed by atoms with Gasteiger partial charge < -0.3 is 14.8 Å². The first-order chi connectivity index (χ1) is 9.11. The highest BCUT2D eigenvalue weighted by Gasteiger charge is 2.16. The monoisotopic (exact) mass is 269 g/mol. The lowest BCUT2D eigenvalue weighted by Crippen LogP contribution is -2.24. The number of nitrogens with zero attached hydrogens (tertiary/aromatic N) is 2. The number of nitrogens with one attached hydrogen (secondary N) is 1. The van der Waals surface area contributed by atoms with Gasteiger partial charge in [0.05, 0.1) is 25.5 Å². The van der Waals surface area contributed by atoms with Gasteiger partial charge >= 0.3 is 0 Å². The number of methoxy groups -OCH3 is 1. The van der Waals surface area contributed by atoms with Crippen LogP contribution in [-0.2, 0) is 16.0 Å². The molecular formula is C14H27N3O2. The molecule has 110 valence electrons.